The molecule has 2 unspecified atom stereocenters. The summed E-state index contributed by atoms with van der Waals surface area (Å²) in [5.74, 6) is 0.336. The zero-order valence-corrected chi connectivity index (χ0v) is 9.78. The SMILES string of the molecule is CC(=O)N1CC(C)c2[nH]c(C=O)cc2C1C. The molecule has 1 aliphatic heterocycles. The van der Waals surface area contributed by atoms with Crippen LogP contribution in [0.4, 0.5) is 0 Å². The van der Waals surface area contributed by atoms with Crippen molar-refractivity contribution in [2.24, 2.45) is 0 Å². The summed E-state index contributed by atoms with van der Waals surface area (Å²) in [6.45, 7) is 6.35. The molecule has 1 amide bonds. The van der Waals surface area contributed by atoms with Crippen molar-refractivity contribution >= 4 is 12.2 Å². The maximum absolute atomic E-state index is 11.5. The number of hydrogen-bond donors (Lipinski definition) is 1. The molecule has 0 fully saturated rings. The number of amides is 1. The number of nitrogens with one attached hydrogen (secondary N) is 1. The van der Waals surface area contributed by atoms with E-state index in [1.165, 1.54) is 0 Å². The molecule has 0 aliphatic carbocycles. The van der Waals surface area contributed by atoms with Crippen LogP contribution in [0.3, 0.4) is 0 Å². The van der Waals surface area contributed by atoms with E-state index >= 15 is 0 Å². The van der Waals surface area contributed by atoms with Crippen molar-refractivity contribution in [3.05, 3.63) is 23.0 Å². The third kappa shape index (κ3) is 1.54. The first-order valence-electron chi connectivity index (χ1n) is 5.49. The highest BCUT2D eigenvalue weighted by atomic mass is 16.2. The van der Waals surface area contributed by atoms with Crippen LogP contribution in [-0.2, 0) is 4.79 Å². The molecule has 0 saturated heterocycles. The van der Waals surface area contributed by atoms with Crippen LogP contribution in [0.25, 0.3) is 0 Å². The summed E-state index contributed by atoms with van der Waals surface area (Å²) in [5, 5.41) is 0. The summed E-state index contributed by atoms with van der Waals surface area (Å²) < 4.78 is 0. The molecule has 2 rings (SSSR count). The van der Waals surface area contributed by atoms with Crippen LogP contribution in [0.15, 0.2) is 6.07 Å². The molecule has 0 bridgehead atoms. The Hall–Kier alpha value is -1.58. The lowest BCUT2D eigenvalue weighted by atomic mass is 9.93. The molecular formula is C12H16N2O2. The lowest BCUT2D eigenvalue weighted by Crippen LogP contribution is -2.38. The third-order valence-electron chi connectivity index (χ3n) is 3.31. The van der Waals surface area contributed by atoms with Crippen LogP contribution in [0.1, 0.15) is 54.5 Å². The zero-order chi connectivity index (χ0) is 11.9. The van der Waals surface area contributed by atoms with Crippen molar-refractivity contribution < 1.29 is 9.59 Å². The number of rotatable bonds is 1. The van der Waals surface area contributed by atoms with Crippen LogP contribution < -0.4 is 0 Å². The molecule has 4 heteroatoms. The van der Waals surface area contributed by atoms with Gasteiger partial charge in [0.15, 0.2) is 6.29 Å². The summed E-state index contributed by atoms with van der Waals surface area (Å²) >= 11 is 0. The second-order valence-corrected chi connectivity index (χ2v) is 4.46. The standard InChI is InChI=1S/C12H16N2O2/c1-7-5-14(9(3)16)8(2)11-4-10(6-15)13-12(7)11/h4,6-8,13H,5H2,1-3H3. The number of aldehydes is 1. The molecule has 86 valence electrons. The van der Waals surface area contributed by atoms with Crippen molar-refractivity contribution in [2.75, 3.05) is 6.54 Å². The van der Waals surface area contributed by atoms with E-state index in [1.54, 1.807) is 6.92 Å². The van der Waals surface area contributed by atoms with Gasteiger partial charge in [-0.25, -0.2) is 0 Å². The molecule has 2 heterocycles. The molecule has 0 spiro atoms. The van der Waals surface area contributed by atoms with E-state index in [0.29, 0.717) is 12.2 Å². The molecule has 4 nitrogen and oxygen atoms in total. The minimum absolute atomic E-state index is 0.0497. The Kier molecular flexibility index (Phi) is 2.58. The molecule has 0 aromatic carbocycles. The van der Waals surface area contributed by atoms with Gasteiger partial charge in [-0.15, -0.1) is 0 Å². The summed E-state index contributed by atoms with van der Waals surface area (Å²) in [7, 11) is 0. The number of fused-ring (bicyclic) bond motifs is 1. The fourth-order valence-electron chi connectivity index (χ4n) is 2.44. The van der Waals surface area contributed by atoms with E-state index in [2.05, 4.69) is 11.9 Å². The average molecular weight is 220 g/mol. The Balaban J connectivity index is 2.44. The number of carbonyl (C=O) groups is 2. The van der Waals surface area contributed by atoms with Gasteiger partial charge in [0.1, 0.15) is 0 Å². The highest BCUT2D eigenvalue weighted by molar-refractivity contribution is 5.76. The second kappa shape index (κ2) is 3.77. The quantitative estimate of drug-likeness (QED) is 0.734. The molecule has 0 radical (unpaired) electrons. The molecule has 1 N–H and O–H groups in total. The van der Waals surface area contributed by atoms with Gasteiger partial charge >= 0.3 is 0 Å². The van der Waals surface area contributed by atoms with E-state index < -0.39 is 0 Å². The first kappa shape index (κ1) is 10.9. The summed E-state index contributed by atoms with van der Waals surface area (Å²) in [6.07, 6.45) is 0.815. The van der Waals surface area contributed by atoms with Gasteiger partial charge in [0, 0.05) is 25.1 Å². The molecule has 2 atom stereocenters. The number of hydrogen-bond acceptors (Lipinski definition) is 2. The van der Waals surface area contributed by atoms with E-state index in [4.69, 9.17) is 0 Å². The molecule has 1 aliphatic rings. The van der Waals surface area contributed by atoms with Crippen molar-refractivity contribution in [2.45, 2.75) is 32.7 Å². The lowest BCUT2D eigenvalue weighted by molar-refractivity contribution is -0.131. The van der Waals surface area contributed by atoms with Crippen LogP contribution in [0, 0.1) is 0 Å². The Labute approximate surface area is 94.6 Å². The maximum atomic E-state index is 11.5. The van der Waals surface area contributed by atoms with Crippen molar-refractivity contribution in [1.82, 2.24) is 9.88 Å². The normalized spacial score (nSPS) is 24.1. The van der Waals surface area contributed by atoms with Crippen molar-refractivity contribution in [3.63, 3.8) is 0 Å². The van der Waals surface area contributed by atoms with E-state index in [-0.39, 0.29) is 17.9 Å². The minimum atomic E-state index is 0.0497. The smallest absolute Gasteiger partial charge is 0.219 e. The highest BCUT2D eigenvalue weighted by Crippen LogP contribution is 2.35. The fourth-order valence-corrected chi connectivity index (χ4v) is 2.44. The monoisotopic (exact) mass is 220 g/mol. The van der Waals surface area contributed by atoms with Crippen molar-refractivity contribution in [1.29, 1.82) is 0 Å². The second-order valence-electron chi connectivity index (χ2n) is 4.46. The predicted molar refractivity (Wildman–Crippen MR) is 60.4 cm³/mol. The zero-order valence-electron chi connectivity index (χ0n) is 9.78. The molecule has 1 aromatic heterocycles. The number of aromatic nitrogens is 1. The number of H-pyrrole nitrogens is 1. The van der Waals surface area contributed by atoms with Gasteiger partial charge in [-0.3, -0.25) is 9.59 Å². The van der Waals surface area contributed by atoms with Gasteiger partial charge in [-0.1, -0.05) is 6.92 Å². The van der Waals surface area contributed by atoms with Gasteiger partial charge in [0.05, 0.1) is 11.7 Å². The van der Waals surface area contributed by atoms with Gasteiger partial charge in [0.25, 0.3) is 0 Å². The first-order valence-corrected chi connectivity index (χ1v) is 5.49. The lowest BCUT2D eigenvalue weighted by Gasteiger charge is -2.36. The van der Waals surface area contributed by atoms with Gasteiger partial charge in [-0.2, -0.15) is 0 Å². The van der Waals surface area contributed by atoms with Gasteiger partial charge in [-0.05, 0) is 18.6 Å². The Morgan fingerprint density at radius 2 is 2.25 bits per heavy atom. The average Bonchev–Trinajstić information content (AvgIpc) is 2.67. The van der Waals surface area contributed by atoms with Crippen molar-refractivity contribution in [3.8, 4) is 0 Å². The van der Waals surface area contributed by atoms with Crippen LogP contribution in [0.2, 0.25) is 0 Å². The minimum Gasteiger partial charge on any atom is -0.356 e. The summed E-state index contributed by atoms with van der Waals surface area (Å²) in [4.78, 5) is 27.2. The van der Waals surface area contributed by atoms with Crippen LogP contribution in [0.5, 0.6) is 0 Å². The van der Waals surface area contributed by atoms with E-state index in [0.717, 1.165) is 17.5 Å². The van der Waals surface area contributed by atoms with Crippen LogP contribution in [-0.4, -0.2) is 28.6 Å². The molecule has 1 aromatic rings. The number of aromatic amines is 1. The van der Waals surface area contributed by atoms with Crippen LogP contribution >= 0.6 is 0 Å². The molecule has 16 heavy (non-hydrogen) atoms. The highest BCUT2D eigenvalue weighted by Gasteiger charge is 2.31. The Morgan fingerprint density at radius 3 is 2.81 bits per heavy atom. The predicted octanol–water partition coefficient (Wildman–Crippen LogP) is 1.85. The first-order chi connectivity index (χ1) is 7.54. The summed E-state index contributed by atoms with van der Waals surface area (Å²) in [5.41, 5.74) is 2.75. The van der Waals surface area contributed by atoms with Gasteiger partial charge in [0.2, 0.25) is 5.91 Å². The maximum Gasteiger partial charge on any atom is 0.219 e. The third-order valence-corrected chi connectivity index (χ3v) is 3.31. The number of nitrogens with zero attached hydrogens (tertiary/aromatic N) is 1. The summed E-state index contributed by atoms with van der Waals surface area (Å²) in [6, 6.07) is 1.90. The number of carbonyl (C=O) groups excluding carboxylic acids is 2. The largest absolute Gasteiger partial charge is 0.356 e. The molecule has 0 saturated carbocycles. The van der Waals surface area contributed by atoms with E-state index in [1.807, 2.05) is 17.9 Å². The Morgan fingerprint density at radius 1 is 1.56 bits per heavy atom. The fraction of sp³-hybridized carbons (Fsp3) is 0.500. The molecular weight excluding hydrogens is 204 g/mol. The van der Waals surface area contributed by atoms with Gasteiger partial charge < -0.3 is 9.88 Å². The Bertz CT molecular complexity index is 436. The topological polar surface area (TPSA) is 53.2 Å². The van der Waals surface area contributed by atoms with E-state index in [9.17, 15) is 9.59 Å².